The van der Waals surface area contributed by atoms with Crippen molar-refractivity contribution >= 4 is 18.1 Å². The molecule has 0 saturated heterocycles. The molecule has 36 heavy (non-hydrogen) atoms. The number of aryl methyl sites for hydroxylation is 2. The molecule has 2 heterocycles. The molecule has 0 aliphatic heterocycles. The summed E-state index contributed by atoms with van der Waals surface area (Å²) in [6.45, 7) is 4.70. The molecule has 196 valence electrons. The molecule has 0 saturated carbocycles. The number of carboxylic acids is 1. The summed E-state index contributed by atoms with van der Waals surface area (Å²) < 4.78 is 1.59. The zero-order valence-corrected chi connectivity index (χ0v) is 21.4. The summed E-state index contributed by atoms with van der Waals surface area (Å²) in [6, 6.07) is 7.02. The van der Waals surface area contributed by atoms with E-state index >= 15 is 0 Å². The van der Waals surface area contributed by atoms with E-state index in [2.05, 4.69) is 12.2 Å². The Bertz CT molecular complexity index is 1130. The van der Waals surface area contributed by atoms with Gasteiger partial charge in [-0.15, -0.1) is 0 Å². The number of carbonyl (C=O) groups excluding carboxylic acids is 1. The number of hydrogen-bond donors (Lipinski definition) is 4. The average Bonchev–Trinajstić information content (AvgIpc) is 2.85. The van der Waals surface area contributed by atoms with E-state index in [-0.39, 0.29) is 24.4 Å². The first-order chi connectivity index (χ1) is 17.2. The topological polar surface area (TPSA) is 157 Å². The lowest BCUT2D eigenvalue weighted by Crippen LogP contribution is -2.33. The predicted octanol–water partition coefficient (Wildman–Crippen LogP) is 1.98. The number of nitrogens with one attached hydrogen (secondary N) is 1. The number of carboxylic acid groups (broad SMARTS) is 1. The molecule has 2 aromatic rings. The number of allylic oxidation sites excluding steroid dienone is 1. The largest absolute Gasteiger partial charge is 0.481 e. The molecular weight excluding hydrogens is 460 g/mol. The van der Waals surface area contributed by atoms with Gasteiger partial charge >= 0.3 is 5.97 Å². The van der Waals surface area contributed by atoms with E-state index in [1.54, 1.807) is 23.7 Å². The van der Waals surface area contributed by atoms with Crippen molar-refractivity contribution in [3.05, 3.63) is 69.0 Å². The quantitative estimate of drug-likeness (QED) is 0.126. The third kappa shape index (κ3) is 7.94. The molecule has 0 spiro atoms. The zero-order chi connectivity index (χ0) is 26.7. The van der Waals surface area contributed by atoms with Gasteiger partial charge in [-0.25, -0.2) is 5.84 Å². The van der Waals surface area contributed by atoms with Crippen LogP contribution in [-0.4, -0.2) is 45.6 Å². The highest BCUT2D eigenvalue weighted by molar-refractivity contribution is 5.68. The first-order valence-corrected chi connectivity index (χ1v) is 12.3. The normalized spacial score (nSPS) is 12.6. The van der Waals surface area contributed by atoms with Crippen LogP contribution in [0.1, 0.15) is 68.0 Å². The van der Waals surface area contributed by atoms with Crippen LogP contribution in [0.2, 0.25) is 0 Å². The number of rotatable bonds is 15. The predicted molar refractivity (Wildman–Crippen MR) is 140 cm³/mol. The number of hydrogen-bond acceptors (Lipinski definition) is 7. The number of nitrogens with two attached hydrogens (primary N) is 2. The van der Waals surface area contributed by atoms with Crippen molar-refractivity contribution in [3.63, 3.8) is 0 Å². The minimum Gasteiger partial charge on any atom is -0.481 e. The van der Waals surface area contributed by atoms with Gasteiger partial charge in [-0.05, 0) is 48.8 Å². The summed E-state index contributed by atoms with van der Waals surface area (Å²) in [6.07, 6.45) is 6.09. The third-order valence-electron chi connectivity index (χ3n) is 6.08. The minimum atomic E-state index is -0.892. The van der Waals surface area contributed by atoms with Gasteiger partial charge < -0.3 is 25.7 Å². The Morgan fingerprint density at radius 3 is 2.64 bits per heavy atom. The van der Waals surface area contributed by atoms with Gasteiger partial charge in [0.2, 0.25) is 6.41 Å². The molecule has 0 fully saturated rings. The van der Waals surface area contributed by atoms with E-state index in [0.29, 0.717) is 49.3 Å². The Balaban J connectivity index is 2.44. The lowest BCUT2D eigenvalue weighted by Gasteiger charge is -2.22. The van der Waals surface area contributed by atoms with Gasteiger partial charge in [0.05, 0.1) is 30.1 Å². The van der Waals surface area contributed by atoms with Gasteiger partial charge in [-0.1, -0.05) is 32.4 Å². The second kappa shape index (κ2) is 14.0. The van der Waals surface area contributed by atoms with Gasteiger partial charge in [-0.2, -0.15) is 0 Å². The van der Waals surface area contributed by atoms with Crippen molar-refractivity contribution in [2.24, 2.45) is 11.6 Å². The fourth-order valence-corrected chi connectivity index (χ4v) is 4.24. The fraction of sp³-hybridized carbons (Fsp3) is 0.462. The first-order valence-electron chi connectivity index (χ1n) is 12.3. The van der Waals surface area contributed by atoms with Crippen LogP contribution in [0.4, 0.5) is 0 Å². The molecule has 6 N–H and O–H groups in total. The number of amides is 1. The fourth-order valence-electron chi connectivity index (χ4n) is 4.24. The molecule has 10 heteroatoms. The smallest absolute Gasteiger partial charge is 0.303 e. The number of aliphatic carboxylic acids is 1. The van der Waals surface area contributed by atoms with Gasteiger partial charge in [0.25, 0.3) is 5.56 Å². The molecule has 0 aromatic carbocycles. The van der Waals surface area contributed by atoms with E-state index in [1.165, 1.54) is 5.01 Å². The summed E-state index contributed by atoms with van der Waals surface area (Å²) in [5.74, 6) is 4.98. The molecule has 10 nitrogen and oxygen atoms in total. The Kier molecular flexibility index (Phi) is 11.1. The van der Waals surface area contributed by atoms with Crippen molar-refractivity contribution in [3.8, 4) is 0 Å². The molecule has 0 aliphatic rings. The summed E-state index contributed by atoms with van der Waals surface area (Å²) in [7, 11) is 1.66. The second-order valence-corrected chi connectivity index (χ2v) is 8.82. The molecule has 1 unspecified atom stereocenters. The second-order valence-electron chi connectivity index (χ2n) is 8.82. The molecule has 0 radical (unpaired) electrons. The highest BCUT2D eigenvalue weighted by Gasteiger charge is 2.21. The lowest BCUT2D eigenvalue weighted by atomic mass is 9.89. The first kappa shape index (κ1) is 28.6. The van der Waals surface area contributed by atoms with E-state index in [0.717, 1.165) is 29.7 Å². The molecule has 0 aliphatic carbocycles. The van der Waals surface area contributed by atoms with Crippen molar-refractivity contribution in [1.29, 1.82) is 0 Å². The number of pyridine rings is 2. The number of nitrogens with zero attached hydrogens (tertiary/aromatic N) is 3. The SMILES string of the molecule is CCCc1ccc(=O)n(C/C(=C(/N)c2ccc(C(CCCNC=O)CC(=O)O)c(CC)n2)N(C)N)c1. The van der Waals surface area contributed by atoms with Crippen LogP contribution in [-0.2, 0) is 29.0 Å². The average molecular weight is 499 g/mol. The number of likely N-dealkylation sites (N-methyl/N-ethyl adjacent to an activating group) is 1. The monoisotopic (exact) mass is 498 g/mol. The molecule has 1 amide bonds. The van der Waals surface area contributed by atoms with Crippen LogP contribution in [0.5, 0.6) is 0 Å². The number of hydrazine groups is 1. The standard InChI is InChI=1S/C26H38N6O4/c1-4-7-18-9-12-24(34)32(15-18)16-23(31(3)28)26(27)22-11-10-20(21(5-2)30-22)19(14-25(35)36)8-6-13-29-17-33/h9-12,15,17,19H,4-8,13-14,16,27-28H2,1-3H3,(H,29,33)(H,35,36)/b26-23-. The Morgan fingerprint density at radius 1 is 1.28 bits per heavy atom. The summed E-state index contributed by atoms with van der Waals surface area (Å²) in [5.41, 5.74) is 10.4. The van der Waals surface area contributed by atoms with Crippen molar-refractivity contribution < 1.29 is 14.7 Å². The van der Waals surface area contributed by atoms with Gasteiger partial charge in [0.15, 0.2) is 0 Å². The van der Waals surface area contributed by atoms with Crippen molar-refractivity contribution in [2.45, 2.75) is 64.8 Å². The Morgan fingerprint density at radius 2 is 2.03 bits per heavy atom. The zero-order valence-electron chi connectivity index (χ0n) is 21.4. The summed E-state index contributed by atoms with van der Waals surface area (Å²) in [4.78, 5) is 39.3. The van der Waals surface area contributed by atoms with Crippen LogP contribution >= 0.6 is 0 Å². The van der Waals surface area contributed by atoms with Crippen LogP contribution in [0.15, 0.2) is 41.0 Å². The molecule has 1 atom stereocenters. The Labute approximate surface area is 212 Å². The minimum absolute atomic E-state index is 0.0335. The summed E-state index contributed by atoms with van der Waals surface area (Å²) in [5, 5.41) is 13.4. The molecule has 2 aromatic heterocycles. The Hall–Kier alpha value is -3.66. The maximum absolute atomic E-state index is 12.5. The van der Waals surface area contributed by atoms with Crippen LogP contribution in [0.3, 0.4) is 0 Å². The van der Waals surface area contributed by atoms with Crippen LogP contribution < -0.4 is 22.5 Å². The molecular formula is C26H38N6O4. The van der Waals surface area contributed by atoms with Crippen molar-refractivity contribution in [1.82, 2.24) is 19.9 Å². The molecule has 0 bridgehead atoms. The lowest BCUT2D eigenvalue weighted by molar-refractivity contribution is -0.137. The maximum atomic E-state index is 12.5. The van der Waals surface area contributed by atoms with E-state index in [9.17, 15) is 19.5 Å². The van der Waals surface area contributed by atoms with E-state index < -0.39 is 5.97 Å². The van der Waals surface area contributed by atoms with Gasteiger partial charge in [0, 0.05) is 31.5 Å². The van der Waals surface area contributed by atoms with Crippen molar-refractivity contribution in [2.75, 3.05) is 13.6 Å². The highest BCUT2D eigenvalue weighted by atomic mass is 16.4. The molecule has 2 rings (SSSR count). The number of aromatic nitrogens is 2. The maximum Gasteiger partial charge on any atom is 0.303 e. The van der Waals surface area contributed by atoms with E-state index in [1.807, 2.05) is 25.3 Å². The highest BCUT2D eigenvalue weighted by Crippen LogP contribution is 2.29. The van der Waals surface area contributed by atoms with Crippen LogP contribution in [0.25, 0.3) is 5.70 Å². The van der Waals surface area contributed by atoms with Gasteiger partial charge in [0.1, 0.15) is 0 Å². The van der Waals surface area contributed by atoms with Gasteiger partial charge in [-0.3, -0.25) is 19.4 Å². The third-order valence-corrected chi connectivity index (χ3v) is 6.08. The summed E-state index contributed by atoms with van der Waals surface area (Å²) >= 11 is 0. The van der Waals surface area contributed by atoms with Crippen LogP contribution in [0, 0.1) is 0 Å². The number of carbonyl (C=O) groups is 2. The van der Waals surface area contributed by atoms with E-state index in [4.69, 9.17) is 16.6 Å².